The van der Waals surface area contributed by atoms with E-state index in [4.69, 9.17) is 5.10 Å². The molecule has 2 aromatic rings. The first kappa shape index (κ1) is 10.3. The SMILES string of the molecule is Cc1nn(-c2ccccn2)c2c1C1C(C2)C1(C)C. The van der Waals surface area contributed by atoms with Crippen LogP contribution in [0.5, 0.6) is 0 Å². The van der Waals surface area contributed by atoms with Crippen LogP contribution in [0.1, 0.15) is 36.7 Å². The summed E-state index contributed by atoms with van der Waals surface area (Å²) in [5.41, 5.74) is 4.56. The maximum absolute atomic E-state index is 4.70. The molecule has 2 aliphatic rings. The van der Waals surface area contributed by atoms with E-state index in [9.17, 15) is 0 Å². The molecule has 0 aromatic carbocycles. The van der Waals surface area contributed by atoms with Crippen LogP contribution in [0.25, 0.3) is 5.82 Å². The van der Waals surface area contributed by atoms with Gasteiger partial charge in [-0.15, -0.1) is 0 Å². The normalized spacial score (nSPS) is 26.8. The number of pyridine rings is 1. The Kier molecular flexibility index (Phi) is 1.73. The monoisotopic (exact) mass is 239 g/mol. The van der Waals surface area contributed by atoms with E-state index < -0.39 is 0 Å². The van der Waals surface area contributed by atoms with Gasteiger partial charge in [0, 0.05) is 11.8 Å². The lowest BCUT2D eigenvalue weighted by Gasteiger charge is -2.10. The largest absolute Gasteiger partial charge is 0.237 e. The van der Waals surface area contributed by atoms with Crippen LogP contribution in [0.15, 0.2) is 24.4 Å². The molecule has 2 heterocycles. The van der Waals surface area contributed by atoms with Crippen LogP contribution in [0.4, 0.5) is 0 Å². The number of hydrogen-bond donors (Lipinski definition) is 0. The summed E-state index contributed by atoms with van der Waals surface area (Å²) in [6.45, 7) is 6.89. The van der Waals surface area contributed by atoms with Gasteiger partial charge in [0.25, 0.3) is 0 Å². The van der Waals surface area contributed by atoms with Gasteiger partial charge >= 0.3 is 0 Å². The number of fused-ring (bicyclic) bond motifs is 3. The van der Waals surface area contributed by atoms with Gasteiger partial charge < -0.3 is 0 Å². The highest BCUT2D eigenvalue weighted by Gasteiger charge is 2.63. The van der Waals surface area contributed by atoms with Crippen molar-refractivity contribution in [2.45, 2.75) is 33.1 Å². The van der Waals surface area contributed by atoms with E-state index in [2.05, 4.69) is 25.8 Å². The third-order valence-corrected chi connectivity index (χ3v) is 4.85. The van der Waals surface area contributed by atoms with Crippen LogP contribution in [0.2, 0.25) is 0 Å². The molecule has 0 amide bonds. The van der Waals surface area contributed by atoms with E-state index in [1.165, 1.54) is 17.0 Å². The van der Waals surface area contributed by atoms with Crippen LogP contribution < -0.4 is 0 Å². The minimum atomic E-state index is 0.482. The first-order valence-electron chi connectivity index (χ1n) is 6.60. The second-order valence-corrected chi connectivity index (χ2v) is 6.16. The van der Waals surface area contributed by atoms with Crippen molar-refractivity contribution in [1.82, 2.24) is 14.8 Å². The molecule has 18 heavy (non-hydrogen) atoms. The van der Waals surface area contributed by atoms with E-state index in [1.54, 1.807) is 0 Å². The maximum atomic E-state index is 4.70. The van der Waals surface area contributed by atoms with Crippen molar-refractivity contribution in [1.29, 1.82) is 0 Å². The van der Waals surface area contributed by atoms with Crippen LogP contribution in [-0.2, 0) is 6.42 Å². The number of rotatable bonds is 1. The average Bonchev–Trinajstić information content (AvgIpc) is 2.74. The van der Waals surface area contributed by atoms with Crippen molar-refractivity contribution in [3.8, 4) is 5.82 Å². The van der Waals surface area contributed by atoms with E-state index in [0.29, 0.717) is 5.41 Å². The summed E-state index contributed by atoms with van der Waals surface area (Å²) in [6.07, 6.45) is 2.99. The molecular formula is C15H17N3. The molecular weight excluding hydrogens is 222 g/mol. The predicted octanol–water partition coefficient (Wildman–Crippen LogP) is 2.87. The third-order valence-electron chi connectivity index (χ3n) is 4.85. The van der Waals surface area contributed by atoms with Gasteiger partial charge in [0.05, 0.1) is 11.4 Å². The number of hydrogen-bond acceptors (Lipinski definition) is 2. The molecule has 0 bridgehead atoms. The second kappa shape index (κ2) is 3.02. The van der Waals surface area contributed by atoms with Gasteiger partial charge in [-0.3, -0.25) is 0 Å². The molecule has 3 nitrogen and oxygen atoms in total. The summed E-state index contributed by atoms with van der Waals surface area (Å²) in [4.78, 5) is 4.42. The fraction of sp³-hybridized carbons (Fsp3) is 0.467. The minimum Gasteiger partial charge on any atom is -0.237 e. The highest BCUT2D eigenvalue weighted by atomic mass is 15.3. The topological polar surface area (TPSA) is 30.7 Å². The van der Waals surface area contributed by atoms with Crippen molar-refractivity contribution >= 4 is 0 Å². The summed E-state index contributed by atoms with van der Waals surface area (Å²) in [7, 11) is 0. The van der Waals surface area contributed by atoms with Crippen LogP contribution in [-0.4, -0.2) is 14.8 Å². The van der Waals surface area contributed by atoms with Gasteiger partial charge in [-0.25, -0.2) is 9.67 Å². The molecule has 0 spiro atoms. The quantitative estimate of drug-likeness (QED) is 0.766. The number of aryl methyl sites for hydroxylation is 1. The van der Waals surface area contributed by atoms with Gasteiger partial charge in [0.2, 0.25) is 0 Å². The van der Waals surface area contributed by atoms with E-state index in [1.807, 2.05) is 29.1 Å². The van der Waals surface area contributed by atoms with Gasteiger partial charge in [-0.2, -0.15) is 5.10 Å². The zero-order chi connectivity index (χ0) is 12.5. The first-order chi connectivity index (χ1) is 8.60. The van der Waals surface area contributed by atoms with Crippen molar-refractivity contribution in [3.63, 3.8) is 0 Å². The molecule has 1 saturated carbocycles. The Morgan fingerprint density at radius 2 is 2.17 bits per heavy atom. The third kappa shape index (κ3) is 1.10. The van der Waals surface area contributed by atoms with E-state index >= 15 is 0 Å². The highest BCUT2D eigenvalue weighted by molar-refractivity contribution is 5.47. The summed E-state index contributed by atoms with van der Waals surface area (Å²) in [6, 6.07) is 5.99. The van der Waals surface area contributed by atoms with Crippen LogP contribution in [0.3, 0.4) is 0 Å². The lowest BCUT2D eigenvalue weighted by atomic mass is 9.98. The van der Waals surface area contributed by atoms with Gasteiger partial charge in [-0.1, -0.05) is 19.9 Å². The molecule has 2 atom stereocenters. The molecule has 0 radical (unpaired) electrons. The molecule has 92 valence electrons. The van der Waals surface area contributed by atoms with E-state index in [0.717, 1.165) is 24.1 Å². The van der Waals surface area contributed by atoms with E-state index in [-0.39, 0.29) is 0 Å². The van der Waals surface area contributed by atoms with Crippen molar-refractivity contribution in [2.75, 3.05) is 0 Å². The Hall–Kier alpha value is -1.64. The van der Waals surface area contributed by atoms with Gasteiger partial charge in [-0.05, 0) is 42.7 Å². The van der Waals surface area contributed by atoms with Crippen molar-refractivity contribution in [3.05, 3.63) is 41.3 Å². The average molecular weight is 239 g/mol. The fourth-order valence-corrected chi connectivity index (χ4v) is 3.76. The minimum absolute atomic E-state index is 0.482. The lowest BCUT2D eigenvalue weighted by Crippen LogP contribution is -2.07. The smallest absolute Gasteiger partial charge is 0.153 e. The molecule has 0 aliphatic heterocycles. The first-order valence-corrected chi connectivity index (χ1v) is 6.60. The number of aromatic nitrogens is 3. The molecule has 4 rings (SSSR count). The molecule has 2 unspecified atom stereocenters. The lowest BCUT2D eigenvalue weighted by molar-refractivity contribution is 0.532. The predicted molar refractivity (Wildman–Crippen MR) is 69.8 cm³/mol. The summed E-state index contributed by atoms with van der Waals surface area (Å²) in [5.74, 6) is 2.49. The fourth-order valence-electron chi connectivity index (χ4n) is 3.76. The molecule has 0 N–H and O–H groups in total. The molecule has 2 aromatic heterocycles. The van der Waals surface area contributed by atoms with Crippen molar-refractivity contribution < 1.29 is 0 Å². The Morgan fingerprint density at radius 3 is 2.89 bits per heavy atom. The Balaban J connectivity index is 1.87. The standard InChI is InChI=1S/C15H17N3/c1-9-13-11(8-10-14(13)15(10,2)3)18(17-9)12-6-4-5-7-16-12/h4-7,10,14H,8H2,1-3H3. The molecule has 0 saturated heterocycles. The Morgan fingerprint density at radius 1 is 1.33 bits per heavy atom. The highest BCUT2D eigenvalue weighted by Crippen LogP contribution is 2.70. The van der Waals surface area contributed by atoms with Crippen LogP contribution >= 0.6 is 0 Å². The molecule has 2 aliphatic carbocycles. The van der Waals surface area contributed by atoms with Gasteiger partial charge in [0.15, 0.2) is 5.82 Å². The second-order valence-electron chi connectivity index (χ2n) is 6.16. The molecule has 3 heteroatoms. The number of nitrogens with zero attached hydrogens (tertiary/aromatic N) is 3. The van der Waals surface area contributed by atoms with Crippen LogP contribution in [0, 0.1) is 18.3 Å². The zero-order valence-corrected chi connectivity index (χ0v) is 11.0. The Bertz CT molecular complexity index is 625. The zero-order valence-electron chi connectivity index (χ0n) is 11.0. The summed E-state index contributed by atoms with van der Waals surface area (Å²) >= 11 is 0. The Labute approximate surface area is 107 Å². The summed E-state index contributed by atoms with van der Waals surface area (Å²) < 4.78 is 2.05. The van der Waals surface area contributed by atoms with Gasteiger partial charge in [0.1, 0.15) is 0 Å². The summed E-state index contributed by atoms with van der Waals surface area (Å²) in [5, 5.41) is 4.70. The van der Waals surface area contributed by atoms with Crippen molar-refractivity contribution in [2.24, 2.45) is 11.3 Å². The molecule has 1 fully saturated rings. The maximum Gasteiger partial charge on any atom is 0.153 e.